The summed E-state index contributed by atoms with van der Waals surface area (Å²) in [6, 6.07) is 11.5. The number of aromatic nitrogens is 2. The fourth-order valence-electron chi connectivity index (χ4n) is 5.47. The van der Waals surface area contributed by atoms with Gasteiger partial charge in [-0.3, -0.25) is 14.3 Å². The third-order valence-electron chi connectivity index (χ3n) is 7.62. The molecule has 0 saturated carbocycles. The van der Waals surface area contributed by atoms with Gasteiger partial charge in [0, 0.05) is 45.0 Å². The molecular weight excluding hydrogens is 485 g/mol. The molecule has 0 bridgehead atoms. The molecule has 4 heterocycles. The smallest absolute Gasteiger partial charge is 0.261 e. The van der Waals surface area contributed by atoms with Gasteiger partial charge in [-0.2, -0.15) is 0 Å². The number of anilines is 2. The summed E-state index contributed by atoms with van der Waals surface area (Å²) in [6.07, 6.45) is 3.72. The molecule has 0 aliphatic carbocycles. The first-order chi connectivity index (χ1) is 18.7. The first-order valence-corrected chi connectivity index (χ1v) is 13.6. The summed E-state index contributed by atoms with van der Waals surface area (Å²) in [7, 11) is 0. The van der Waals surface area contributed by atoms with Crippen molar-refractivity contribution < 1.29 is 13.9 Å². The molecule has 8 nitrogen and oxygen atoms in total. The van der Waals surface area contributed by atoms with Crippen LogP contribution in [0.4, 0.5) is 15.8 Å². The Balaban J connectivity index is 1.20. The molecule has 2 fully saturated rings. The number of allylic oxidation sites excluding steroid dienone is 1. The van der Waals surface area contributed by atoms with E-state index < -0.39 is 5.82 Å². The number of nitrogens with one attached hydrogen (secondary N) is 1. The van der Waals surface area contributed by atoms with Gasteiger partial charge in [-0.25, -0.2) is 9.37 Å². The highest BCUT2D eigenvalue weighted by Gasteiger charge is 2.22. The van der Waals surface area contributed by atoms with Crippen molar-refractivity contribution >= 4 is 33.9 Å². The van der Waals surface area contributed by atoms with Crippen LogP contribution in [0, 0.1) is 5.82 Å². The van der Waals surface area contributed by atoms with E-state index in [1.54, 1.807) is 10.6 Å². The van der Waals surface area contributed by atoms with Gasteiger partial charge in [-0.15, -0.1) is 0 Å². The highest BCUT2D eigenvalue weighted by molar-refractivity contribution is 5.86. The quantitative estimate of drug-likeness (QED) is 0.480. The van der Waals surface area contributed by atoms with Gasteiger partial charge in [-0.05, 0) is 60.9 Å². The summed E-state index contributed by atoms with van der Waals surface area (Å²) in [5, 5.41) is 3.53. The molecule has 3 aromatic rings. The number of nitrogens with zero attached hydrogens (tertiary/aromatic N) is 4. The number of fused-ring (bicyclic) bond motifs is 2. The van der Waals surface area contributed by atoms with Crippen LogP contribution < -0.4 is 15.8 Å². The van der Waals surface area contributed by atoms with Gasteiger partial charge in [0.2, 0.25) is 0 Å². The van der Waals surface area contributed by atoms with Crippen LogP contribution >= 0.6 is 0 Å². The average Bonchev–Trinajstić information content (AvgIpc) is 3.36. The van der Waals surface area contributed by atoms with Gasteiger partial charge in [-0.1, -0.05) is 12.1 Å². The zero-order valence-electron chi connectivity index (χ0n) is 21.6. The van der Waals surface area contributed by atoms with Crippen molar-refractivity contribution in [2.75, 3.05) is 75.9 Å². The minimum absolute atomic E-state index is 0.186. The van der Waals surface area contributed by atoms with Crippen LogP contribution in [0.1, 0.15) is 24.2 Å². The molecule has 3 aliphatic rings. The van der Waals surface area contributed by atoms with Crippen LogP contribution in [0.25, 0.3) is 22.6 Å². The zero-order valence-corrected chi connectivity index (χ0v) is 21.6. The summed E-state index contributed by atoms with van der Waals surface area (Å²) in [5.41, 5.74) is 4.00. The van der Waals surface area contributed by atoms with Crippen molar-refractivity contribution in [3.63, 3.8) is 0 Å². The maximum Gasteiger partial charge on any atom is 0.261 e. The van der Waals surface area contributed by atoms with E-state index in [9.17, 15) is 9.18 Å². The maximum atomic E-state index is 14.9. The number of hydrogen-bond acceptors (Lipinski definition) is 7. The van der Waals surface area contributed by atoms with E-state index in [1.807, 2.05) is 0 Å². The highest BCUT2D eigenvalue weighted by Crippen LogP contribution is 2.29. The van der Waals surface area contributed by atoms with E-state index in [4.69, 9.17) is 14.5 Å². The van der Waals surface area contributed by atoms with Crippen molar-refractivity contribution in [2.24, 2.45) is 0 Å². The molecule has 3 aliphatic heterocycles. The van der Waals surface area contributed by atoms with Gasteiger partial charge in [0.1, 0.15) is 11.6 Å². The minimum Gasteiger partial charge on any atom is -0.383 e. The van der Waals surface area contributed by atoms with E-state index in [1.165, 1.54) is 11.8 Å². The lowest BCUT2D eigenvalue weighted by molar-refractivity contribution is 0.0378. The van der Waals surface area contributed by atoms with E-state index in [2.05, 4.69) is 45.5 Å². The van der Waals surface area contributed by atoms with E-state index >= 15 is 0 Å². The Bertz CT molecular complexity index is 1380. The fraction of sp³-hybridized carbons (Fsp3) is 0.448. The van der Waals surface area contributed by atoms with Crippen LogP contribution in [-0.4, -0.2) is 80.1 Å². The molecule has 0 spiro atoms. The first kappa shape index (κ1) is 25.0. The molecule has 0 amide bonds. The van der Waals surface area contributed by atoms with Crippen LogP contribution in [0.15, 0.2) is 41.2 Å². The van der Waals surface area contributed by atoms with Gasteiger partial charge >= 0.3 is 0 Å². The second-order valence-electron chi connectivity index (χ2n) is 10.1. The summed E-state index contributed by atoms with van der Waals surface area (Å²) in [6.45, 7) is 8.89. The Morgan fingerprint density at radius 2 is 1.71 bits per heavy atom. The van der Waals surface area contributed by atoms with Gasteiger partial charge in [0.15, 0.2) is 0 Å². The molecule has 6 rings (SSSR count). The molecule has 0 unspecified atom stereocenters. The fourth-order valence-corrected chi connectivity index (χ4v) is 5.47. The SMILES string of the molecule is O=c1c2cc(F)c(NCCCN3CCOCC3)cc2nc2n1CC/C2=C\c1ccc(N2CCOCC2)cc1. The predicted molar refractivity (Wildman–Crippen MR) is 148 cm³/mol. The Hall–Kier alpha value is -3.27. The molecule has 0 atom stereocenters. The van der Waals surface area contributed by atoms with Crippen molar-refractivity contribution in [1.29, 1.82) is 0 Å². The van der Waals surface area contributed by atoms with Gasteiger partial charge in [0.25, 0.3) is 5.56 Å². The van der Waals surface area contributed by atoms with Crippen LogP contribution in [0.3, 0.4) is 0 Å². The second-order valence-corrected chi connectivity index (χ2v) is 10.1. The largest absolute Gasteiger partial charge is 0.383 e. The lowest BCUT2D eigenvalue weighted by Gasteiger charge is -2.28. The number of rotatable bonds is 7. The van der Waals surface area contributed by atoms with E-state index in [0.717, 1.165) is 83.1 Å². The Morgan fingerprint density at radius 1 is 0.974 bits per heavy atom. The molecule has 38 heavy (non-hydrogen) atoms. The highest BCUT2D eigenvalue weighted by atomic mass is 19.1. The second kappa shape index (κ2) is 11.2. The van der Waals surface area contributed by atoms with E-state index in [0.29, 0.717) is 35.5 Å². The molecule has 9 heteroatoms. The van der Waals surface area contributed by atoms with Gasteiger partial charge < -0.3 is 19.7 Å². The monoisotopic (exact) mass is 519 g/mol. The van der Waals surface area contributed by atoms with E-state index in [-0.39, 0.29) is 5.56 Å². The third kappa shape index (κ3) is 5.32. The molecular formula is C29H34FN5O3. The van der Waals surface area contributed by atoms with Crippen LogP contribution in [-0.2, 0) is 16.0 Å². The standard InChI is InChI=1S/C29H34FN5O3/c30-25-19-24-26(20-27(25)31-7-1-8-33-10-14-37-15-11-33)32-28-22(6-9-35(28)29(24)36)18-21-2-4-23(5-3-21)34-12-16-38-17-13-34/h2-5,18-20,31H,1,6-17H2/b22-18+. The number of halogens is 1. The van der Waals surface area contributed by atoms with Crippen molar-refractivity contribution in [3.8, 4) is 0 Å². The molecule has 1 N–H and O–H groups in total. The number of ether oxygens (including phenoxy) is 2. The molecule has 0 radical (unpaired) electrons. The molecule has 1 aromatic heterocycles. The lowest BCUT2D eigenvalue weighted by Crippen LogP contribution is -2.37. The van der Waals surface area contributed by atoms with Crippen molar-refractivity contribution in [3.05, 3.63) is 64.0 Å². The maximum absolute atomic E-state index is 14.9. The average molecular weight is 520 g/mol. The van der Waals surface area contributed by atoms with Crippen molar-refractivity contribution in [2.45, 2.75) is 19.4 Å². The van der Waals surface area contributed by atoms with Crippen molar-refractivity contribution in [1.82, 2.24) is 14.5 Å². The first-order valence-electron chi connectivity index (χ1n) is 13.6. The van der Waals surface area contributed by atoms with Crippen LogP contribution in [0.2, 0.25) is 0 Å². The third-order valence-corrected chi connectivity index (χ3v) is 7.62. The predicted octanol–water partition coefficient (Wildman–Crippen LogP) is 3.45. The zero-order chi connectivity index (χ0) is 25.9. The van der Waals surface area contributed by atoms with Gasteiger partial charge in [0.05, 0.1) is 43.0 Å². The Kier molecular flexibility index (Phi) is 7.40. The topological polar surface area (TPSA) is 71.9 Å². The Labute approximate surface area is 221 Å². The summed E-state index contributed by atoms with van der Waals surface area (Å²) in [4.78, 5) is 22.7. The lowest BCUT2D eigenvalue weighted by atomic mass is 10.1. The van der Waals surface area contributed by atoms with Crippen LogP contribution in [0.5, 0.6) is 0 Å². The molecule has 2 aromatic carbocycles. The molecule has 2 saturated heterocycles. The Morgan fingerprint density at radius 3 is 2.47 bits per heavy atom. The molecule has 200 valence electrons. The summed E-state index contributed by atoms with van der Waals surface area (Å²) in [5.74, 6) is 0.252. The summed E-state index contributed by atoms with van der Waals surface area (Å²) >= 11 is 0. The normalized spacial score (nSPS) is 19.3. The minimum atomic E-state index is -0.419. The number of hydrogen-bond donors (Lipinski definition) is 1. The number of morpholine rings is 2. The number of benzene rings is 2. The summed E-state index contributed by atoms with van der Waals surface area (Å²) < 4.78 is 27.4.